The van der Waals surface area contributed by atoms with Gasteiger partial charge in [-0.25, -0.2) is 9.83 Å². The summed E-state index contributed by atoms with van der Waals surface area (Å²) in [6.07, 6.45) is 1.28. The smallest absolute Gasteiger partial charge is 0.229 e. The van der Waals surface area contributed by atoms with E-state index in [1.54, 1.807) is 13.2 Å². The summed E-state index contributed by atoms with van der Waals surface area (Å²) in [7, 11) is 1.67. The zero-order chi connectivity index (χ0) is 20.6. The lowest BCUT2D eigenvalue weighted by Crippen LogP contribution is -2.47. The van der Waals surface area contributed by atoms with Crippen LogP contribution in [-0.2, 0) is 6.42 Å². The number of Topliss-reactive ketones (excluding diaryl/α,β-unsaturated/α-hetero) is 1. The molecule has 6 nitrogen and oxygen atoms in total. The van der Waals surface area contributed by atoms with E-state index in [0.717, 1.165) is 49.9 Å². The number of pyridine rings is 1. The summed E-state index contributed by atoms with van der Waals surface area (Å²) in [5.41, 5.74) is 3.04. The molecule has 0 atom stereocenters. The third-order valence-electron chi connectivity index (χ3n) is 5.78. The van der Waals surface area contributed by atoms with Crippen molar-refractivity contribution in [3.8, 4) is 5.75 Å². The summed E-state index contributed by atoms with van der Waals surface area (Å²) in [5.74, 6) is 1.67. The third-order valence-corrected chi connectivity index (χ3v) is 5.78. The van der Waals surface area contributed by atoms with Gasteiger partial charge in [-0.1, -0.05) is 13.8 Å². The fourth-order valence-electron chi connectivity index (χ4n) is 4.24. The molecule has 1 aliphatic heterocycles. The number of rotatable bonds is 3. The number of ketones is 1. The van der Waals surface area contributed by atoms with E-state index < -0.39 is 0 Å². The van der Waals surface area contributed by atoms with Gasteiger partial charge >= 0.3 is 0 Å². The van der Waals surface area contributed by atoms with Crippen LogP contribution in [0.5, 0.6) is 5.75 Å². The Morgan fingerprint density at radius 1 is 1.07 bits per heavy atom. The van der Waals surface area contributed by atoms with Crippen LogP contribution in [0.4, 0.5) is 17.2 Å². The summed E-state index contributed by atoms with van der Waals surface area (Å²) < 4.78 is 5.24. The molecule has 1 aromatic heterocycles. The summed E-state index contributed by atoms with van der Waals surface area (Å²) in [4.78, 5) is 25.6. The van der Waals surface area contributed by atoms with Crippen molar-refractivity contribution in [2.24, 2.45) is 5.41 Å². The molecule has 0 bridgehead atoms. The quantitative estimate of drug-likeness (QED) is 0.738. The zero-order valence-electron chi connectivity index (χ0n) is 17.2. The van der Waals surface area contributed by atoms with E-state index in [1.165, 1.54) is 5.69 Å². The number of hydrogen-bond acceptors (Lipinski definition) is 5. The molecular weight excluding hydrogens is 364 g/mol. The van der Waals surface area contributed by atoms with Gasteiger partial charge in [-0.3, -0.25) is 4.79 Å². The second-order valence-electron chi connectivity index (χ2n) is 8.55. The average Bonchev–Trinajstić information content (AvgIpc) is 2.72. The van der Waals surface area contributed by atoms with Gasteiger partial charge in [0.2, 0.25) is 5.69 Å². The Morgan fingerprint density at radius 2 is 1.72 bits per heavy atom. The molecule has 29 heavy (non-hydrogen) atoms. The monoisotopic (exact) mass is 390 g/mol. The van der Waals surface area contributed by atoms with Gasteiger partial charge in [-0.15, -0.1) is 0 Å². The molecule has 2 aliphatic rings. The molecule has 2 heterocycles. The Balaban J connectivity index is 1.55. The van der Waals surface area contributed by atoms with Crippen molar-refractivity contribution in [3.63, 3.8) is 0 Å². The Morgan fingerprint density at radius 3 is 2.34 bits per heavy atom. The highest BCUT2D eigenvalue weighted by molar-refractivity contribution is 6.00. The average molecular weight is 390 g/mol. The number of aromatic nitrogens is 1. The van der Waals surface area contributed by atoms with E-state index in [-0.39, 0.29) is 11.2 Å². The Kier molecular flexibility index (Phi) is 4.91. The van der Waals surface area contributed by atoms with Crippen LogP contribution in [0.1, 0.15) is 36.3 Å². The highest BCUT2D eigenvalue weighted by Gasteiger charge is 2.33. The minimum atomic E-state index is -0.0823. The van der Waals surface area contributed by atoms with Crippen molar-refractivity contribution in [2.45, 2.75) is 26.7 Å². The van der Waals surface area contributed by atoms with E-state index >= 15 is 0 Å². The van der Waals surface area contributed by atoms with Crippen LogP contribution in [0.25, 0.3) is 4.85 Å². The van der Waals surface area contributed by atoms with Crippen LogP contribution in [0.3, 0.4) is 0 Å². The predicted octanol–water partition coefficient (Wildman–Crippen LogP) is 4.12. The fraction of sp³-hybridized carbons (Fsp3) is 0.435. The molecule has 1 aliphatic carbocycles. The molecule has 6 heteroatoms. The van der Waals surface area contributed by atoms with Gasteiger partial charge in [0.05, 0.1) is 19.4 Å². The molecule has 4 rings (SSSR count). The molecule has 1 aromatic carbocycles. The van der Waals surface area contributed by atoms with Gasteiger partial charge in [-0.05, 0) is 42.2 Å². The van der Waals surface area contributed by atoms with Gasteiger partial charge in [0, 0.05) is 43.9 Å². The van der Waals surface area contributed by atoms with E-state index in [2.05, 4.69) is 40.6 Å². The molecule has 0 N–H and O–H groups in total. The van der Waals surface area contributed by atoms with Crippen LogP contribution in [0.2, 0.25) is 0 Å². The molecule has 1 fully saturated rings. The van der Waals surface area contributed by atoms with Crippen LogP contribution >= 0.6 is 0 Å². The number of anilines is 2. The molecule has 0 amide bonds. The van der Waals surface area contributed by atoms with E-state index in [9.17, 15) is 4.79 Å². The maximum absolute atomic E-state index is 12.5. The molecule has 2 aromatic rings. The second kappa shape index (κ2) is 7.40. The van der Waals surface area contributed by atoms with Gasteiger partial charge in [0.1, 0.15) is 11.6 Å². The van der Waals surface area contributed by atoms with E-state index in [4.69, 9.17) is 16.3 Å². The first kappa shape index (κ1) is 19.3. The maximum Gasteiger partial charge on any atom is 0.229 e. The van der Waals surface area contributed by atoms with Crippen LogP contribution in [0, 0.1) is 12.0 Å². The molecular formula is C23H26N4O2. The standard InChI is InChI=1S/C23H26N4O2/c1-23(2)14-20-18(21(28)15-23)13-19(24-3)22(25-20)27-11-9-26(10-12-27)16-5-7-17(29-4)8-6-16/h5-8,13H,9-12,14-15H2,1-2,4H3. The number of carbonyl (C=O) groups is 1. The highest BCUT2D eigenvalue weighted by Crippen LogP contribution is 2.38. The van der Waals surface area contributed by atoms with E-state index in [1.807, 2.05) is 12.1 Å². The van der Waals surface area contributed by atoms with Crippen molar-refractivity contribution in [2.75, 3.05) is 43.1 Å². The van der Waals surface area contributed by atoms with Gasteiger partial charge in [0.15, 0.2) is 5.78 Å². The molecule has 0 unspecified atom stereocenters. The number of methoxy groups -OCH3 is 1. The van der Waals surface area contributed by atoms with Crippen LogP contribution in [-0.4, -0.2) is 44.1 Å². The second-order valence-corrected chi connectivity index (χ2v) is 8.55. The first-order valence-corrected chi connectivity index (χ1v) is 9.99. The molecule has 0 spiro atoms. The molecule has 150 valence electrons. The van der Waals surface area contributed by atoms with Crippen molar-refractivity contribution >= 4 is 23.0 Å². The lowest BCUT2D eigenvalue weighted by molar-refractivity contribution is 0.0910. The SMILES string of the molecule is [C-]#[N+]c1cc2c(nc1N1CCN(c3ccc(OC)cc3)CC1)CC(C)(C)CC2=O. The van der Waals surface area contributed by atoms with Gasteiger partial charge < -0.3 is 14.5 Å². The number of nitrogens with zero attached hydrogens (tertiary/aromatic N) is 4. The Hall–Kier alpha value is -3.07. The van der Waals surface area contributed by atoms with Crippen molar-refractivity contribution in [1.29, 1.82) is 0 Å². The lowest BCUT2D eigenvalue weighted by atomic mass is 9.75. The number of hydrogen-bond donors (Lipinski definition) is 0. The zero-order valence-corrected chi connectivity index (χ0v) is 17.2. The van der Waals surface area contributed by atoms with E-state index in [0.29, 0.717) is 17.7 Å². The third kappa shape index (κ3) is 3.77. The summed E-state index contributed by atoms with van der Waals surface area (Å²) in [5, 5.41) is 0. The topological polar surface area (TPSA) is 50.0 Å². The summed E-state index contributed by atoms with van der Waals surface area (Å²) >= 11 is 0. The number of ether oxygens (including phenoxy) is 1. The Labute approximate surface area is 171 Å². The van der Waals surface area contributed by atoms with Crippen LogP contribution < -0.4 is 14.5 Å². The van der Waals surface area contributed by atoms with Gasteiger partial charge in [-0.2, -0.15) is 0 Å². The summed E-state index contributed by atoms with van der Waals surface area (Å²) in [6.45, 7) is 15.1. The molecule has 0 saturated carbocycles. The van der Waals surface area contributed by atoms with Gasteiger partial charge in [0.25, 0.3) is 0 Å². The first-order chi connectivity index (χ1) is 13.9. The minimum absolute atomic E-state index is 0.0823. The Bertz CT molecular complexity index is 968. The highest BCUT2D eigenvalue weighted by atomic mass is 16.5. The van der Waals surface area contributed by atoms with Crippen molar-refractivity contribution in [1.82, 2.24) is 4.98 Å². The van der Waals surface area contributed by atoms with Crippen molar-refractivity contribution < 1.29 is 9.53 Å². The first-order valence-electron chi connectivity index (χ1n) is 9.99. The lowest BCUT2D eigenvalue weighted by Gasteiger charge is -2.38. The minimum Gasteiger partial charge on any atom is -0.497 e. The largest absolute Gasteiger partial charge is 0.497 e. The van der Waals surface area contributed by atoms with Crippen LogP contribution in [0.15, 0.2) is 30.3 Å². The number of piperazine rings is 1. The molecule has 1 saturated heterocycles. The van der Waals surface area contributed by atoms with Crippen molar-refractivity contribution in [3.05, 3.63) is 53.0 Å². The summed E-state index contributed by atoms with van der Waals surface area (Å²) in [6, 6.07) is 9.86. The number of fused-ring (bicyclic) bond motifs is 1. The molecule has 0 radical (unpaired) electrons. The maximum atomic E-state index is 12.5. The fourth-order valence-corrected chi connectivity index (χ4v) is 4.24. The normalized spacial score (nSPS) is 18.2. The number of carbonyl (C=O) groups excluding carboxylic acids is 1. The number of benzene rings is 1. The predicted molar refractivity (Wildman–Crippen MR) is 114 cm³/mol.